The number of urea groups is 1. The summed E-state index contributed by atoms with van der Waals surface area (Å²) < 4.78 is 10.6. The molecule has 2 aliphatic rings. The number of carbonyl (C=O) groups excluding carboxylic acids is 1. The predicted molar refractivity (Wildman–Crippen MR) is 44.8 cm³/mol. The average Bonchev–Trinajstić information content (AvgIpc) is 2.64. The molecule has 2 atom stereocenters. The van der Waals surface area contributed by atoms with Gasteiger partial charge in [-0.25, -0.2) is 4.79 Å². The van der Waals surface area contributed by atoms with Crippen molar-refractivity contribution in [1.82, 2.24) is 9.80 Å². The Balaban J connectivity index is 2.20. The van der Waals surface area contributed by atoms with Crippen molar-refractivity contribution in [3.8, 4) is 0 Å². The van der Waals surface area contributed by atoms with Gasteiger partial charge in [-0.1, -0.05) is 0 Å². The number of rotatable bonds is 2. The Bertz CT molecular complexity index is 201. The van der Waals surface area contributed by atoms with Crippen LogP contribution in [0, 0.1) is 0 Å². The van der Waals surface area contributed by atoms with Gasteiger partial charge in [0.25, 0.3) is 0 Å². The van der Waals surface area contributed by atoms with Gasteiger partial charge in [0.15, 0.2) is 19.2 Å². The van der Waals surface area contributed by atoms with Gasteiger partial charge in [0.2, 0.25) is 0 Å². The Morgan fingerprint density at radius 2 is 1.69 bits per heavy atom. The van der Waals surface area contributed by atoms with Crippen LogP contribution in [0.1, 0.15) is 13.8 Å². The molecule has 0 aromatic heterocycles. The number of amides is 2. The van der Waals surface area contributed by atoms with E-state index in [0.29, 0.717) is 13.1 Å². The van der Waals surface area contributed by atoms with E-state index in [1.54, 1.807) is 9.80 Å². The third kappa shape index (κ3) is 1.11. The minimum absolute atomic E-state index is 0.0136. The maximum absolute atomic E-state index is 11.7. The van der Waals surface area contributed by atoms with Gasteiger partial charge in [-0.2, -0.15) is 0 Å². The standard InChI is InChI=1S/C8H14N2O3/c1-3-9-6-7(13-5-12-6)10(4-2)8(9)11/h6-7H,3-5H2,1-2H3/t6-,7-/m1/s1. The first-order valence-corrected chi connectivity index (χ1v) is 4.60. The first-order chi connectivity index (χ1) is 6.29. The molecule has 2 heterocycles. The molecule has 0 aliphatic carbocycles. The van der Waals surface area contributed by atoms with Gasteiger partial charge in [-0.05, 0) is 13.8 Å². The zero-order chi connectivity index (χ0) is 9.42. The van der Waals surface area contributed by atoms with Crippen LogP contribution in [-0.2, 0) is 9.47 Å². The summed E-state index contributed by atoms with van der Waals surface area (Å²) >= 11 is 0. The van der Waals surface area contributed by atoms with Crippen molar-refractivity contribution in [2.45, 2.75) is 26.3 Å². The van der Waals surface area contributed by atoms with Gasteiger partial charge in [-0.15, -0.1) is 0 Å². The molecular formula is C8H14N2O3. The topological polar surface area (TPSA) is 42.0 Å². The van der Waals surface area contributed by atoms with Crippen LogP contribution in [-0.4, -0.2) is 48.2 Å². The molecule has 74 valence electrons. The molecule has 5 nitrogen and oxygen atoms in total. The van der Waals surface area contributed by atoms with E-state index in [9.17, 15) is 4.79 Å². The normalized spacial score (nSPS) is 32.9. The molecule has 0 saturated carbocycles. The van der Waals surface area contributed by atoms with Gasteiger partial charge in [0.05, 0.1) is 0 Å². The first-order valence-electron chi connectivity index (χ1n) is 4.60. The first kappa shape index (κ1) is 8.77. The van der Waals surface area contributed by atoms with Crippen molar-refractivity contribution in [1.29, 1.82) is 0 Å². The lowest BCUT2D eigenvalue weighted by Crippen LogP contribution is -2.35. The second-order valence-electron chi connectivity index (χ2n) is 3.09. The Morgan fingerprint density at radius 3 is 2.08 bits per heavy atom. The zero-order valence-corrected chi connectivity index (χ0v) is 7.90. The van der Waals surface area contributed by atoms with E-state index in [2.05, 4.69) is 0 Å². The van der Waals surface area contributed by atoms with E-state index in [4.69, 9.17) is 9.47 Å². The predicted octanol–water partition coefficient (Wildman–Crippen LogP) is 0.420. The van der Waals surface area contributed by atoms with Gasteiger partial charge < -0.3 is 9.47 Å². The summed E-state index contributed by atoms with van der Waals surface area (Å²) in [7, 11) is 0. The molecule has 0 unspecified atom stereocenters. The highest BCUT2D eigenvalue weighted by atomic mass is 16.7. The molecule has 0 bridgehead atoms. The molecule has 2 amide bonds. The van der Waals surface area contributed by atoms with E-state index in [0.717, 1.165) is 0 Å². The smallest absolute Gasteiger partial charge is 0.324 e. The quantitative estimate of drug-likeness (QED) is 0.627. The number of hydrogen-bond donors (Lipinski definition) is 0. The van der Waals surface area contributed by atoms with Crippen LogP contribution in [0.5, 0.6) is 0 Å². The highest BCUT2D eigenvalue weighted by Crippen LogP contribution is 2.28. The third-order valence-corrected chi connectivity index (χ3v) is 2.51. The van der Waals surface area contributed by atoms with Crippen LogP contribution in [0.15, 0.2) is 0 Å². The second-order valence-corrected chi connectivity index (χ2v) is 3.09. The third-order valence-electron chi connectivity index (χ3n) is 2.51. The second kappa shape index (κ2) is 3.16. The van der Waals surface area contributed by atoms with Crippen molar-refractivity contribution >= 4 is 6.03 Å². The molecule has 0 N–H and O–H groups in total. The molecule has 0 aromatic carbocycles. The molecule has 2 rings (SSSR count). The van der Waals surface area contributed by atoms with E-state index in [-0.39, 0.29) is 25.3 Å². The van der Waals surface area contributed by atoms with Crippen LogP contribution in [0.4, 0.5) is 4.79 Å². The number of likely N-dealkylation sites (N-methyl/N-ethyl adjacent to an activating group) is 2. The molecule has 13 heavy (non-hydrogen) atoms. The van der Waals surface area contributed by atoms with Crippen molar-refractivity contribution < 1.29 is 14.3 Å². The number of fused-ring (bicyclic) bond motifs is 1. The van der Waals surface area contributed by atoms with E-state index in [1.807, 2.05) is 13.8 Å². The molecule has 0 aromatic rings. The lowest BCUT2D eigenvalue weighted by atomic mass is 10.4. The van der Waals surface area contributed by atoms with E-state index in [1.165, 1.54) is 0 Å². The SMILES string of the molecule is CCN1C(=O)N(CC)[C@@H]2OCO[C@H]21. The summed E-state index contributed by atoms with van der Waals surface area (Å²) in [4.78, 5) is 15.1. The Kier molecular flexibility index (Phi) is 2.13. The minimum Gasteiger partial charge on any atom is -0.327 e. The maximum Gasteiger partial charge on any atom is 0.324 e. The summed E-state index contributed by atoms with van der Waals surface area (Å²) in [5, 5.41) is 0. The van der Waals surface area contributed by atoms with Crippen molar-refractivity contribution in [2.24, 2.45) is 0 Å². The van der Waals surface area contributed by atoms with Gasteiger partial charge in [-0.3, -0.25) is 9.80 Å². The van der Waals surface area contributed by atoms with Crippen molar-refractivity contribution in [3.63, 3.8) is 0 Å². The van der Waals surface area contributed by atoms with Crippen LogP contribution in [0.2, 0.25) is 0 Å². The molecule has 2 aliphatic heterocycles. The Labute approximate surface area is 77.2 Å². The van der Waals surface area contributed by atoms with Crippen LogP contribution < -0.4 is 0 Å². The highest BCUT2D eigenvalue weighted by Gasteiger charge is 2.49. The summed E-state index contributed by atoms with van der Waals surface area (Å²) in [6.45, 7) is 5.50. The number of carbonyl (C=O) groups is 1. The van der Waals surface area contributed by atoms with Crippen LogP contribution in [0.3, 0.4) is 0 Å². The molecule has 0 radical (unpaired) electrons. The van der Waals surface area contributed by atoms with E-state index >= 15 is 0 Å². The average molecular weight is 186 g/mol. The Hall–Kier alpha value is -0.810. The van der Waals surface area contributed by atoms with Crippen LogP contribution >= 0.6 is 0 Å². The summed E-state index contributed by atoms with van der Waals surface area (Å²) in [5.74, 6) is 0. The largest absolute Gasteiger partial charge is 0.327 e. The molecule has 2 saturated heterocycles. The van der Waals surface area contributed by atoms with Gasteiger partial charge >= 0.3 is 6.03 Å². The van der Waals surface area contributed by atoms with Gasteiger partial charge in [0, 0.05) is 13.1 Å². The zero-order valence-electron chi connectivity index (χ0n) is 7.90. The fraction of sp³-hybridized carbons (Fsp3) is 0.875. The maximum atomic E-state index is 11.7. The van der Waals surface area contributed by atoms with Crippen molar-refractivity contribution in [3.05, 3.63) is 0 Å². The Morgan fingerprint density at radius 1 is 1.23 bits per heavy atom. The lowest BCUT2D eigenvalue weighted by molar-refractivity contribution is -0.0147. The van der Waals surface area contributed by atoms with E-state index < -0.39 is 0 Å². The number of hydrogen-bond acceptors (Lipinski definition) is 3. The molecular weight excluding hydrogens is 172 g/mol. The molecule has 0 spiro atoms. The summed E-state index contributed by atoms with van der Waals surface area (Å²) in [5.41, 5.74) is 0. The number of ether oxygens (including phenoxy) is 2. The monoisotopic (exact) mass is 186 g/mol. The fourth-order valence-corrected chi connectivity index (χ4v) is 1.84. The minimum atomic E-state index is -0.197. The fourth-order valence-electron chi connectivity index (χ4n) is 1.84. The highest BCUT2D eigenvalue weighted by molar-refractivity contribution is 5.77. The van der Waals surface area contributed by atoms with Crippen molar-refractivity contribution in [2.75, 3.05) is 19.9 Å². The summed E-state index contributed by atoms with van der Waals surface area (Å²) in [6.07, 6.45) is -0.394. The molecule has 5 heteroatoms. The molecule has 2 fully saturated rings. The summed E-state index contributed by atoms with van der Waals surface area (Å²) in [6, 6.07) is 0.0136. The lowest BCUT2D eigenvalue weighted by Gasteiger charge is -2.18. The van der Waals surface area contributed by atoms with Gasteiger partial charge in [0.1, 0.15) is 0 Å². The van der Waals surface area contributed by atoms with Crippen LogP contribution in [0.25, 0.3) is 0 Å². The number of nitrogens with zero attached hydrogens (tertiary/aromatic N) is 2.